The second-order valence-corrected chi connectivity index (χ2v) is 9.89. The van der Waals surface area contributed by atoms with Gasteiger partial charge in [-0.05, 0) is 113 Å². The second kappa shape index (κ2) is 12.4. The van der Waals surface area contributed by atoms with Gasteiger partial charge in [0.2, 0.25) is 0 Å². The summed E-state index contributed by atoms with van der Waals surface area (Å²) in [6.07, 6.45) is 11.6. The first-order valence-electron chi connectivity index (χ1n) is 11.5. The number of benzene rings is 1. The standard InChI is InChI=1S/C24H38BrFN2O/c1-29-16-12-27-23-7-4-19(5-8-23)3-2-13-28-14-10-20(11-15-28)17-21-18-22(26)6-9-24(21)25/h6,9,18-20,23,27H,2-5,7-8,10-17H2,1H3. The lowest BCUT2D eigenvalue weighted by Gasteiger charge is -2.33. The molecule has 1 aromatic carbocycles. The van der Waals surface area contributed by atoms with E-state index in [4.69, 9.17) is 4.74 Å². The van der Waals surface area contributed by atoms with E-state index in [-0.39, 0.29) is 5.82 Å². The highest BCUT2D eigenvalue weighted by Crippen LogP contribution is 2.29. The van der Waals surface area contributed by atoms with Crippen LogP contribution in [-0.2, 0) is 11.2 Å². The summed E-state index contributed by atoms with van der Waals surface area (Å²) in [5, 5.41) is 3.62. The van der Waals surface area contributed by atoms with Crippen molar-refractivity contribution in [1.29, 1.82) is 0 Å². The minimum atomic E-state index is -0.125. The topological polar surface area (TPSA) is 24.5 Å². The zero-order valence-corrected chi connectivity index (χ0v) is 19.6. The summed E-state index contributed by atoms with van der Waals surface area (Å²) >= 11 is 3.57. The van der Waals surface area contributed by atoms with E-state index in [2.05, 4.69) is 26.1 Å². The van der Waals surface area contributed by atoms with Gasteiger partial charge in [-0.3, -0.25) is 0 Å². The fraction of sp³-hybridized carbons (Fsp3) is 0.750. The number of methoxy groups -OCH3 is 1. The predicted octanol–water partition coefficient (Wildman–Crippen LogP) is 5.42. The van der Waals surface area contributed by atoms with Gasteiger partial charge in [0, 0.05) is 24.2 Å². The first-order chi connectivity index (χ1) is 14.1. The minimum absolute atomic E-state index is 0.125. The monoisotopic (exact) mass is 468 g/mol. The van der Waals surface area contributed by atoms with E-state index < -0.39 is 0 Å². The Balaban J connectivity index is 1.26. The number of rotatable bonds is 10. The highest BCUT2D eigenvalue weighted by molar-refractivity contribution is 9.10. The molecule has 2 fully saturated rings. The molecular formula is C24H38BrFN2O. The Bertz CT molecular complexity index is 599. The molecule has 0 amide bonds. The van der Waals surface area contributed by atoms with E-state index in [1.807, 2.05) is 6.07 Å². The van der Waals surface area contributed by atoms with Crippen molar-refractivity contribution in [2.75, 3.05) is 39.9 Å². The molecule has 3 nitrogen and oxygen atoms in total. The maximum absolute atomic E-state index is 13.5. The molecule has 29 heavy (non-hydrogen) atoms. The Hall–Kier alpha value is -0.490. The van der Waals surface area contributed by atoms with Crippen LogP contribution in [-0.4, -0.2) is 50.8 Å². The summed E-state index contributed by atoms with van der Waals surface area (Å²) in [4.78, 5) is 2.65. The summed E-state index contributed by atoms with van der Waals surface area (Å²) in [7, 11) is 1.77. The fourth-order valence-corrected chi connectivity index (χ4v) is 5.46. The molecular weight excluding hydrogens is 431 g/mol. The third-order valence-electron chi connectivity index (χ3n) is 6.90. The lowest BCUT2D eigenvalue weighted by molar-refractivity contribution is 0.171. The van der Waals surface area contributed by atoms with Gasteiger partial charge in [-0.2, -0.15) is 0 Å². The number of nitrogens with zero attached hydrogens (tertiary/aromatic N) is 1. The number of likely N-dealkylation sites (tertiary alicyclic amines) is 1. The molecule has 0 unspecified atom stereocenters. The Morgan fingerprint density at radius 3 is 2.59 bits per heavy atom. The number of hydrogen-bond donors (Lipinski definition) is 1. The fourth-order valence-electron chi connectivity index (χ4n) is 5.05. The van der Waals surface area contributed by atoms with E-state index in [0.717, 1.165) is 35.5 Å². The van der Waals surface area contributed by atoms with Crippen molar-refractivity contribution in [3.8, 4) is 0 Å². The Morgan fingerprint density at radius 1 is 1.10 bits per heavy atom. The average Bonchev–Trinajstić information content (AvgIpc) is 2.73. The van der Waals surface area contributed by atoms with Crippen LogP contribution in [0.3, 0.4) is 0 Å². The first kappa shape index (κ1) is 23.2. The molecule has 0 aromatic heterocycles. The molecule has 1 aromatic rings. The van der Waals surface area contributed by atoms with Crippen molar-refractivity contribution < 1.29 is 9.13 Å². The van der Waals surface area contributed by atoms with E-state index >= 15 is 0 Å². The molecule has 1 aliphatic carbocycles. The maximum atomic E-state index is 13.5. The highest BCUT2D eigenvalue weighted by Gasteiger charge is 2.22. The van der Waals surface area contributed by atoms with Gasteiger partial charge >= 0.3 is 0 Å². The molecule has 1 saturated heterocycles. The van der Waals surface area contributed by atoms with Gasteiger partial charge in [-0.15, -0.1) is 0 Å². The second-order valence-electron chi connectivity index (χ2n) is 9.03. The lowest BCUT2D eigenvalue weighted by Crippen LogP contribution is -2.36. The van der Waals surface area contributed by atoms with E-state index in [0.29, 0.717) is 12.0 Å². The van der Waals surface area contributed by atoms with E-state index in [9.17, 15) is 4.39 Å². The molecule has 3 rings (SSSR count). The minimum Gasteiger partial charge on any atom is -0.383 e. The van der Waals surface area contributed by atoms with Crippen molar-refractivity contribution in [3.05, 3.63) is 34.1 Å². The van der Waals surface area contributed by atoms with Crippen LogP contribution >= 0.6 is 15.9 Å². The van der Waals surface area contributed by atoms with Crippen molar-refractivity contribution in [2.45, 2.75) is 63.8 Å². The largest absolute Gasteiger partial charge is 0.383 e. The molecule has 1 heterocycles. The predicted molar refractivity (Wildman–Crippen MR) is 122 cm³/mol. The molecule has 1 saturated carbocycles. The molecule has 0 spiro atoms. The van der Waals surface area contributed by atoms with Crippen LogP contribution < -0.4 is 5.32 Å². The normalized spacial score (nSPS) is 24.1. The van der Waals surface area contributed by atoms with Gasteiger partial charge in [0.1, 0.15) is 5.82 Å². The lowest BCUT2D eigenvalue weighted by atomic mass is 9.83. The smallest absolute Gasteiger partial charge is 0.123 e. The van der Waals surface area contributed by atoms with Gasteiger partial charge in [-0.1, -0.05) is 15.9 Å². The van der Waals surface area contributed by atoms with Crippen LogP contribution in [0.25, 0.3) is 0 Å². The molecule has 0 atom stereocenters. The van der Waals surface area contributed by atoms with Crippen LogP contribution in [0.1, 0.15) is 56.9 Å². The van der Waals surface area contributed by atoms with Crippen LogP contribution in [0.5, 0.6) is 0 Å². The molecule has 2 aliphatic rings. The van der Waals surface area contributed by atoms with Gasteiger partial charge in [0.15, 0.2) is 0 Å². The number of nitrogens with one attached hydrogen (secondary N) is 1. The van der Waals surface area contributed by atoms with Crippen molar-refractivity contribution in [3.63, 3.8) is 0 Å². The van der Waals surface area contributed by atoms with Crippen LogP contribution in [0.15, 0.2) is 22.7 Å². The summed E-state index contributed by atoms with van der Waals surface area (Å²) < 4.78 is 19.7. The number of piperidine rings is 1. The third-order valence-corrected chi connectivity index (χ3v) is 7.67. The van der Waals surface area contributed by atoms with Crippen LogP contribution in [0.4, 0.5) is 4.39 Å². The summed E-state index contributed by atoms with van der Waals surface area (Å²) in [6.45, 7) is 5.46. The number of hydrogen-bond acceptors (Lipinski definition) is 3. The molecule has 0 radical (unpaired) electrons. The molecule has 1 N–H and O–H groups in total. The third kappa shape index (κ3) is 7.93. The maximum Gasteiger partial charge on any atom is 0.123 e. The Labute approximate surface area is 184 Å². The van der Waals surface area contributed by atoms with Gasteiger partial charge in [0.25, 0.3) is 0 Å². The van der Waals surface area contributed by atoms with Crippen LogP contribution in [0, 0.1) is 17.7 Å². The summed E-state index contributed by atoms with van der Waals surface area (Å²) in [5.74, 6) is 1.49. The van der Waals surface area contributed by atoms with Gasteiger partial charge in [-0.25, -0.2) is 4.39 Å². The highest BCUT2D eigenvalue weighted by atomic mass is 79.9. The molecule has 5 heteroatoms. The van der Waals surface area contributed by atoms with Gasteiger partial charge in [0.05, 0.1) is 6.61 Å². The van der Waals surface area contributed by atoms with E-state index in [1.165, 1.54) is 77.1 Å². The zero-order valence-electron chi connectivity index (χ0n) is 18.0. The first-order valence-corrected chi connectivity index (χ1v) is 12.3. The summed E-state index contributed by atoms with van der Waals surface area (Å²) in [5.41, 5.74) is 1.12. The van der Waals surface area contributed by atoms with Crippen molar-refractivity contribution in [1.82, 2.24) is 10.2 Å². The SMILES string of the molecule is COCCNC1CCC(CCCN2CCC(Cc3cc(F)ccc3Br)CC2)CC1. The molecule has 1 aliphatic heterocycles. The molecule has 0 bridgehead atoms. The number of halogens is 2. The number of ether oxygens (including phenoxy) is 1. The zero-order chi connectivity index (χ0) is 20.5. The van der Waals surface area contributed by atoms with Crippen molar-refractivity contribution >= 4 is 15.9 Å². The average molecular weight is 469 g/mol. The van der Waals surface area contributed by atoms with Gasteiger partial charge < -0.3 is 15.0 Å². The molecule has 164 valence electrons. The van der Waals surface area contributed by atoms with Crippen molar-refractivity contribution in [2.24, 2.45) is 11.8 Å². The Morgan fingerprint density at radius 2 is 1.86 bits per heavy atom. The van der Waals surface area contributed by atoms with E-state index in [1.54, 1.807) is 13.2 Å². The Kier molecular flexibility index (Phi) is 9.90. The quantitative estimate of drug-likeness (QED) is 0.464. The summed E-state index contributed by atoms with van der Waals surface area (Å²) in [6, 6.07) is 5.76. The van der Waals surface area contributed by atoms with Crippen LogP contribution in [0.2, 0.25) is 0 Å².